The van der Waals surface area contributed by atoms with E-state index in [-0.39, 0.29) is 6.54 Å². The molecule has 0 heterocycles. The van der Waals surface area contributed by atoms with Crippen molar-refractivity contribution in [2.45, 2.75) is 19.0 Å². The minimum atomic E-state index is -0.759. The third-order valence-corrected chi connectivity index (χ3v) is 3.71. The van der Waals surface area contributed by atoms with Crippen LogP contribution in [0.1, 0.15) is 11.1 Å². The van der Waals surface area contributed by atoms with Gasteiger partial charge in [-0.2, -0.15) is 0 Å². The monoisotopic (exact) mass is 342 g/mol. The summed E-state index contributed by atoms with van der Waals surface area (Å²) in [6.45, 7) is 0.287. The SMILES string of the molecule is COC(=O)[C@@H](Cc1ccccc1)NC(=O)NCc1ccccc1OC. The van der Waals surface area contributed by atoms with Gasteiger partial charge in [-0.15, -0.1) is 0 Å². The van der Waals surface area contributed by atoms with Gasteiger partial charge in [-0.25, -0.2) is 9.59 Å². The van der Waals surface area contributed by atoms with E-state index in [1.54, 1.807) is 7.11 Å². The smallest absolute Gasteiger partial charge is 0.328 e. The molecule has 2 rings (SSSR count). The maximum Gasteiger partial charge on any atom is 0.328 e. The van der Waals surface area contributed by atoms with Gasteiger partial charge >= 0.3 is 12.0 Å². The molecule has 0 aliphatic carbocycles. The van der Waals surface area contributed by atoms with E-state index in [9.17, 15) is 9.59 Å². The second-order valence-electron chi connectivity index (χ2n) is 5.40. The van der Waals surface area contributed by atoms with Crippen LogP contribution >= 0.6 is 0 Å². The third kappa shape index (κ3) is 5.53. The van der Waals surface area contributed by atoms with Crippen molar-refractivity contribution in [2.24, 2.45) is 0 Å². The number of nitrogens with one attached hydrogen (secondary N) is 2. The lowest BCUT2D eigenvalue weighted by molar-refractivity contribution is -0.142. The van der Waals surface area contributed by atoms with E-state index in [1.165, 1.54) is 7.11 Å². The Morgan fingerprint density at radius 3 is 2.36 bits per heavy atom. The number of amides is 2. The standard InChI is InChI=1S/C19H22N2O4/c1-24-17-11-7-6-10-15(17)13-20-19(23)21-16(18(22)25-2)12-14-8-4-3-5-9-14/h3-11,16H,12-13H2,1-2H3,(H2,20,21,23)/t16-/m1/s1. The molecule has 6 heteroatoms. The Morgan fingerprint density at radius 2 is 1.68 bits per heavy atom. The lowest BCUT2D eigenvalue weighted by Crippen LogP contribution is -2.47. The van der Waals surface area contributed by atoms with Crippen LogP contribution in [0.15, 0.2) is 54.6 Å². The van der Waals surface area contributed by atoms with E-state index in [0.717, 1.165) is 11.1 Å². The highest BCUT2D eigenvalue weighted by Crippen LogP contribution is 2.16. The quantitative estimate of drug-likeness (QED) is 0.757. The van der Waals surface area contributed by atoms with E-state index < -0.39 is 18.0 Å². The van der Waals surface area contributed by atoms with Crippen LogP contribution in [0.2, 0.25) is 0 Å². The van der Waals surface area contributed by atoms with Crippen molar-refractivity contribution in [2.75, 3.05) is 14.2 Å². The molecule has 0 fully saturated rings. The van der Waals surface area contributed by atoms with Crippen LogP contribution in [-0.2, 0) is 22.5 Å². The van der Waals surface area contributed by atoms with Crippen LogP contribution in [0.5, 0.6) is 5.75 Å². The van der Waals surface area contributed by atoms with Crippen molar-refractivity contribution in [3.05, 3.63) is 65.7 Å². The van der Waals surface area contributed by atoms with Crippen molar-refractivity contribution in [1.82, 2.24) is 10.6 Å². The first kappa shape index (κ1) is 18.3. The number of hydrogen-bond acceptors (Lipinski definition) is 4. The van der Waals surface area contributed by atoms with Gasteiger partial charge in [-0.3, -0.25) is 0 Å². The molecule has 132 valence electrons. The van der Waals surface area contributed by atoms with Crippen molar-refractivity contribution in [1.29, 1.82) is 0 Å². The number of ether oxygens (including phenoxy) is 2. The average molecular weight is 342 g/mol. The van der Waals surface area contributed by atoms with Crippen LogP contribution in [0, 0.1) is 0 Å². The Hall–Kier alpha value is -3.02. The molecular formula is C19H22N2O4. The first-order valence-corrected chi connectivity index (χ1v) is 7.92. The fourth-order valence-corrected chi connectivity index (χ4v) is 2.42. The van der Waals surface area contributed by atoms with E-state index in [4.69, 9.17) is 9.47 Å². The van der Waals surface area contributed by atoms with Crippen LogP contribution in [-0.4, -0.2) is 32.3 Å². The minimum absolute atomic E-state index is 0.287. The zero-order valence-electron chi connectivity index (χ0n) is 14.3. The number of carbonyl (C=O) groups is 2. The molecule has 0 unspecified atom stereocenters. The molecule has 2 N–H and O–H groups in total. The lowest BCUT2D eigenvalue weighted by Gasteiger charge is -2.17. The van der Waals surface area contributed by atoms with Crippen molar-refractivity contribution in [3.63, 3.8) is 0 Å². The van der Waals surface area contributed by atoms with Gasteiger partial charge in [-0.05, 0) is 11.6 Å². The second-order valence-corrected chi connectivity index (χ2v) is 5.40. The van der Waals surface area contributed by atoms with Crippen molar-refractivity contribution >= 4 is 12.0 Å². The number of rotatable bonds is 7. The van der Waals surface area contributed by atoms with Crippen molar-refractivity contribution in [3.8, 4) is 5.75 Å². The summed E-state index contributed by atoms with van der Waals surface area (Å²) in [6, 6.07) is 15.6. The second kappa shape index (κ2) is 9.32. The summed E-state index contributed by atoms with van der Waals surface area (Å²) in [7, 11) is 2.88. The predicted molar refractivity (Wildman–Crippen MR) is 94.3 cm³/mol. The number of urea groups is 1. The van der Waals surface area contributed by atoms with Gasteiger partial charge < -0.3 is 20.1 Å². The summed E-state index contributed by atoms with van der Waals surface area (Å²) >= 11 is 0. The summed E-state index contributed by atoms with van der Waals surface area (Å²) in [4.78, 5) is 24.1. The summed E-state index contributed by atoms with van der Waals surface area (Å²) in [5.74, 6) is 0.202. The Labute approximate surface area is 147 Å². The summed E-state index contributed by atoms with van der Waals surface area (Å²) < 4.78 is 10.0. The van der Waals surface area contributed by atoms with Gasteiger partial charge in [0, 0.05) is 18.5 Å². The van der Waals surface area contributed by atoms with Gasteiger partial charge in [-0.1, -0.05) is 48.5 Å². The van der Waals surface area contributed by atoms with Gasteiger partial charge in [0.25, 0.3) is 0 Å². The number of carbonyl (C=O) groups excluding carboxylic acids is 2. The van der Waals surface area contributed by atoms with E-state index in [1.807, 2.05) is 54.6 Å². The Morgan fingerprint density at radius 1 is 1.00 bits per heavy atom. The largest absolute Gasteiger partial charge is 0.496 e. The molecule has 2 aromatic carbocycles. The van der Waals surface area contributed by atoms with Crippen LogP contribution in [0.4, 0.5) is 4.79 Å². The van der Waals surface area contributed by atoms with Crippen molar-refractivity contribution < 1.29 is 19.1 Å². The van der Waals surface area contributed by atoms with Gasteiger partial charge in [0.05, 0.1) is 14.2 Å². The highest BCUT2D eigenvalue weighted by molar-refractivity contribution is 5.83. The first-order chi connectivity index (χ1) is 12.1. The normalized spacial score (nSPS) is 11.3. The molecule has 0 aliphatic heterocycles. The lowest BCUT2D eigenvalue weighted by atomic mass is 10.1. The van der Waals surface area contributed by atoms with Gasteiger partial charge in [0.15, 0.2) is 0 Å². The maximum absolute atomic E-state index is 12.2. The Balaban J connectivity index is 1.96. The summed E-state index contributed by atoms with van der Waals surface area (Å²) in [6.07, 6.45) is 0.357. The highest BCUT2D eigenvalue weighted by Gasteiger charge is 2.21. The minimum Gasteiger partial charge on any atom is -0.496 e. The van der Waals surface area contributed by atoms with Gasteiger partial charge in [0.2, 0.25) is 0 Å². The molecule has 0 bridgehead atoms. The molecule has 0 aliphatic rings. The van der Waals surface area contributed by atoms with E-state index in [2.05, 4.69) is 10.6 Å². The van der Waals surface area contributed by atoms with E-state index >= 15 is 0 Å². The molecule has 0 radical (unpaired) electrons. The fraction of sp³-hybridized carbons (Fsp3) is 0.263. The van der Waals surface area contributed by atoms with Crippen LogP contribution in [0.3, 0.4) is 0 Å². The third-order valence-electron chi connectivity index (χ3n) is 3.71. The molecule has 0 saturated heterocycles. The summed E-state index contributed by atoms with van der Waals surface area (Å²) in [5, 5.41) is 5.39. The fourth-order valence-electron chi connectivity index (χ4n) is 2.42. The molecule has 1 atom stereocenters. The molecule has 6 nitrogen and oxygen atoms in total. The van der Waals surface area contributed by atoms with Crippen LogP contribution < -0.4 is 15.4 Å². The number of esters is 1. The molecule has 2 amide bonds. The number of para-hydroxylation sites is 1. The molecule has 0 saturated carbocycles. The van der Waals surface area contributed by atoms with Crippen LogP contribution in [0.25, 0.3) is 0 Å². The highest BCUT2D eigenvalue weighted by atomic mass is 16.5. The van der Waals surface area contributed by atoms with E-state index in [0.29, 0.717) is 12.2 Å². The molecule has 2 aromatic rings. The number of methoxy groups -OCH3 is 2. The predicted octanol–water partition coefficient (Wildman–Crippen LogP) is 2.28. The number of hydrogen-bond donors (Lipinski definition) is 2. The Kier molecular flexibility index (Phi) is 6.83. The molecule has 0 spiro atoms. The topological polar surface area (TPSA) is 76.7 Å². The Bertz CT molecular complexity index is 704. The first-order valence-electron chi connectivity index (χ1n) is 7.92. The molecular weight excluding hydrogens is 320 g/mol. The molecule has 25 heavy (non-hydrogen) atoms. The zero-order valence-corrected chi connectivity index (χ0v) is 14.3. The molecule has 0 aromatic heterocycles. The number of benzene rings is 2. The maximum atomic E-state index is 12.2. The zero-order chi connectivity index (χ0) is 18.1. The summed E-state index contributed by atoms with van der Waals surface area (Å²) in [5.41, 5.74) is 1.78. The average Bonchev–Trinajstić information content (AvgIpc) is 2.66. The van der Waals surface area contributed by atoms with Gasteiger partial charge in [0.1, 0.15) is 11.8 Å².